The predicted molar refractivity (Wildman–Crippen MR) is 78.9 cm³/mol. The van der Waals surface area contributed by atoms with Gasteiger partial charge >= 0.3 is 0 Å². The lowest BCUT2D eigenvalue weighted by atomic mass is 9.73. The molecule has 1 rings (SSSR count). The van der Waals surface area contributed by atoms with E-state index in [-0.39, 0.29) is 0 Å². The molecule has 1 saturated carbocycles. The van der Waals surface area contributed by atoms with Gasteiger partial charge in [-0.05, 0) is 62.8 Å². The van der Waals surface area contributed by atoms with Gasteiger partial charge < -0.3 is 10.1 Å². The third-order valence-corrected chi connectivity index (χ3v) is 4.30. The Bertz CT molecular complexity index is 197. The number of hydrogen-bond donors (Lipinski definition) is 1. The van der Waals surface area contributed by atoms with E-state index in [4.69, 9.17) is 4.74 Å². The average molecular weight is 255 g/mol. The van der Waals surface area contributed by atoms with E-state index >= 15 is 0 Å². The molecule has 1 fully saturated rings. The smallest absolute Gasteiger partial charge is 0.0462 e. The molecule has 0 amide bonds. The Morgan fingerprint density at radius 2 is 1.83 bits per heavy atom. The number of methoxy groups -OCH3 is 1. The Balaban J connectivity index is 2.45. The standard InChI is InChI=1S/C16H33NO/c1-5-8-17-16(7-6-9-18-4)15-11-13(2)10-14(3)12-15/h13-17H,5-12H2,1-4H3. The van der Waals surface area contributed by atoms with E-state index < -0.39 is 0 Å². The van der Waals surface area contributed by atoms with Crippen LogP contribution in [0.4, 0.5) is 0 Å². The zero-order valence-electron chi connectivity index (χ0n) is 12.9. The molecule has 0 aromatic rings. The van der Waals surface area contributed by atoms with Gasteiger partial charge in [-0.3, -0.25) is 0 Å². The highest BCUT2D eigenvalue weighted by molar-refractivity contribution is 4.83. The van der Waals surface area contributed by atoms with Crippen LogP contribution in [0.1, 0.15) is 59.3 Å². The van der Waals surface area contributed by atoms with E-state index in [9.17, 15) is 0 Å². The molecule has 0 aromatic heterocycles. The molecule has 0 spiro atoms. The molecule has 2 nitrogen and oxygen atoms in total. The van der Waals surface area contributed by atoms with Gasteiger partial charge in [0, 0.05) is 19.8 Å². The van der Waals surface area contributed by atoms with Crippen LogP contribution < -0.4 is 5.32 Å². The summed E-state index contributed by atoms with van der Waals surface area (Å²) in [7, 11) is 1.80. The Labute approximate surface area is 114 Å². The van der Waals surface area contributed by atoms with Crippen LogP contribution in [0.2, 0.25) is 0 Å². The zero-order valence-corrected chi connectivity index (χ0v) is 12.9. The number of nitrogens with one attached hydrogen (secondary N) is 1. The maximum Gasteiger partial charge on any atom is 0.0462 e. The first-order chi connectivity index (χ1) is 8.67. The fourth-order valence-electron chi connectivity index (χ4n) is 3.62. The Morgan fingerprint density at radius 3 is 2.39 bits per heavy atom. The highest BCUT2D eigenvalue weighted by Gasteiger charge is 2.29. The summed E-state index contributed by atoms with van der Waals surface area (Å²) in [6, 6.07) is 0.713. The number of hydrogen-bond acceptors (Lipinski definition) is 2. The second-order valence-electron chi connectivity index (χ2n) is 6.37. The van der Waals surface area contributed by atoms with E-state index in [2.05, 4.69) is 26.1 Å². The van der Waals surface area contributed by atoms with Crippen LogP contribution in [0.5, 0.6) is 0 Å². The lowest BCUT2D eigenvalue weighted by Crippen LogP contribution is -2.40. The minimum absolute atomic E-state index is 0.713. The molecule has 3 unspecified atom stereocenters. The van der Waals surface area contributed by atoms with Gasteiger partial charge in [0.15, 0.2) is 0 Å². The van der Waals surface area contributed by atoms with E-state index in [1.54, 1.807) is 7.11 Å². The molecule has 1 N–H and O–H groups in total. The largest absolute Gasteiger partial charge is 0.385 e. The summed E-state index contributed by atoms with van der Waals surface area (Å²) in [5.41, 5.74) is 0. The molecule has 0 bridgehead atoms. The summed E-state index contributed by atoms with van der Waals surface area (Å²) in [4.78, 5) is 0. The van der Waals surface area contributed by atoms with E-state index in [1.165, 1.54) is 38.5 Å². The fourth-order valence-corrected chi connectivity index (χ4v) is 3.62. The first-order valence-electron chi connectivity index (χ1n) is 7.89. The molecule has 0 saturated heterocycles. The van der Waals surface area contributed by atoms with Gasteiger partial charge in [-0.1, -0.05) is 20.8 Å². The molecule has 0 aliphatic heterocycles. The van der Waals surface area contributed by atoms with Crippen LogP contribution in [-0.2, 0) is 4.74 Å². The van der Waals surface area contributed by atoms with Crippen LogP contribution in [-0.4, -0.2) is 26.3 Å². The summed E-state index contributed by atoms with van der Waals surface area (Å²) in [6.45, 7) is 9.17. The van der Waals surface area contributed by atoms with Crippen molar-refractivity contribution in [3.63, 3.8) is 0 Å². The van der Waals surface area contributed by atoms with Crippen molar-refractivity contribution in [3.8, 4) is 0 Å². The maximum atomic E-state index is 5.20. The monoisotopic (exact) mass is 255 g/mol. The molecule has 1 aliphatic rings. The molecule has 18 heavy (non-hydrogen) atoms. The summed E-state index contributed by atoms with van der Waals surface area (Å²) < 4.78 is 5.20. The van der Waals surface area contributed by atoms with Crippen molar-refractivity contribution in [1.82, 2.24) is 5.32 Å². The Kier molecular flexibility index (Phi) is 7.92. The van der Waals surface area contributed by atoms with Crippen molar-refractivity contribution in [3.05, 3.63) is 0 Å². The average Bonchev–Trinajstić information content (AvgIpc) is 2.32. The second kappa shape index (κ2) is 8.92. The van der Waals surface area contributed by atoms with E-state index in [1.807, 2.05) is 0 Å². The van der Waals surface area contributed by atoms with Gasteiger partial charge in [0.05, 0.1) is 0 Å². The third-order valence-electron chi connectivity index (χ3n) is 4.30. The summed E-state index contributed by atoms with van der Waals surface area (Å²) in [6.07, 6.45) is 7.96. The number of rotatable bonds is 8. The molecule has 2 heteroatoms. The SMILES string of the molecule is CCCNC(CCCOC)C1CC(C)CC(C)C1. The zero-order chi connectivity index (χ0) is 13.4. The lowest BCUT2D eigenvalue weighted by molar-refractivity contribution is 0.152. The first kappa shape index (κ1) is 16.0. The van der Waals surface area contributed by atoms with Crippen molar-refractivity contribution < 1.29 is 4.74 Å². The van der Waals surface area contributed by atoms with Crippen molar-refractivity contribution in [2.24, 2.45) is 17.8 Å². The maximum absolute atomic E-state index is 5.20. The fraction of sp³-hybridized carbons (Fsp3) is 1.00. The van der Waals surface area contributed by atoms with Crippen LogP contribution in [0.3, 0.4) is 0 Å². The summed E-state index contributed by atoms with van der Waals surface area (Å²) in [5, 5.41) is 3.78. The van der Waals surface area contributed by atoms with E-state index in [0.29, 0.717) is 6.04 Å². The van der Waals surface area contributed by atoms with Crippen LogP contribution >= 0.6 is 0 Å². The van der Waals surface area contributed by atoms with Crippen LogP contribution in [0.25, 0.3) is 0 Å². The molecule has 0 radical (unpaired) electrons. The summed E-state index contributed by atoms with van der Waals surface area (Å²) in [5.74, 6) is 2.70. The van der Waals surface area contributed by atoms with Crippen molar-refractivity contribution in [1.29, 1.82) is 0 Å². The lowest BCUT2D eigenvalue weighted by Gasteiger charge is -2.37. The quantitative estimate of drug-likeness (QED) is 0.665. The highest BCUT2D eigenvalue weighted by Crippen LogP contribution is 2.35. The van der Waals surface area contributed by atoms with Crippen LogP contribution in [0, 0.1) is 17.8 Å². The van der Waals surface area contributed by atoms with Gasteiger partial charge in [-0.25, -0.2) is 0 Å². The third kappa shape index (κ3) is 5.71. The second-order valence-corrected chi connectivity index (χ2v) is 6.37. The normalized spacial score (nSPS) is 30.3. The minimum atomic E-state index is 0.713. The molecular weight excluding hydrogens is 222 g/mol. The molecular formula is C16H33NO. The van der Waals surface area contributed by atoms with Crippen molar-refractivity contribution in [2.45, 2.75) is 65.3 Å². The summed E-state index contributed by atoms with van der Waals surface area (Å²) >= 11 is 0. The van der Waals surface area contributed by atoms with Gasteiger partial charge in [0.2, 0.25) is 0 Å². The molecule has 1 aliphatic carbocycles. The van der Waals surface area contributed by atoms with Gasteiger partial charge in [0.1, 0.15) is 0 Å². The molecule has 0 heterocycles. The molecule has 0 aromatic carbocycles. The molecule has 108 valence electrons. The Hall–Kier alpha value is -0.0800. The number of ether oxygens (including phenoxy) is 1. The first-order valence-corrected chi connectivity index (χ1v) is 7.89. The minimum Gasteiger partial charge on any atom is -0.385 e. The van der Waals surface area contributed by atoms with Crippen molar-refractivity contribution in [2.75, 3.05) is 20.3 Å². The van der Waals surface area contributed by atoms with Gasteiger partial charge in [-0.2, -0.15) is 0 Å². The topological polar surface area (TPSA) is 21.3 Å². The van der Waals surface area contributed by atoms with Crippen molar-refractivity contribution >= 4 is 0 Å². The predicted octanol–water partition coefficient (Wildman–Crippen LogP) is 3.85. The van der Waals surface area contributed by atoms with E-state index in [0.717, 1.165) is 30.9 Å². The van der Waals surface area contributed by atoms with Gasteiger partial charge in [-0.15, -0.1) is 0 Å². The molecule has 3 atom stereocenters. The Morgan fingerprint density at radius 1 is 1.17 bits per heavy atom. The van der Waals surface area contributed by atoms with Gasteiger partial charge in [0.25, 0.3) is 0 Å². The van der Waals surface area contributed by atoms with Crippen LogP contribution in [0.15, 0.2) is 0 Å². The highest BCUT2D eigenvalue weighted by atomic mass is 16.5.